The molecule has 0 bridgehead atoms. The zero-order valence-corrected chi connectivity index (χ0v) is 17.0. The minimum Gasteiger partial charge on any atom is -0.480 e. The number of nitrogens with zero attached hydrogens (tertiary/aromatic N) is 3. The van der Waals surface area contributed by atoms with Crippen LogP contribution in [0.5, 0.6) is 5.88 Å². The Kier molecular flexibility index (Phi) is 5.26. The van der Waals surface area contributed by atoms with Crippen molar-refractivity contribution in [2.24, 2.45) is 5.41 Å². The second-order valence-corrected chi connectivity index (χ2v) is 8.10. The number of carbonyl (C=O) groups is 2. The molecule has 2 fully saturated rings. The number of likely N-dealkylation sites (tertiary alicyclic amines) is 2. The summed E-state index contributed by atoms with van der Waals surface area (Å²) < 4.78 is 5.23. The van der Waals surface area contributed by atoms with Crippen LogP contribution >= 0.6 is 0 Å². The van der Waals surface area contributed by atoms with E-state index >= 15 is 0 Å². The van der Waals surface area contributed by atoms with E-state index in [2.05, 4.69) is 17.1 Å². The standard InChI is InChI=1S/C23H27N3O3/c1-25-18(15-17-7-4-3-5-8-17)16-23(22(25)28)10-13-26(14-11-23)21(27)19-9-6-12-24-20(19)29-2/h3-9,12,18H,10-11,13-16H2,1-2H3. The fourth-order valence-electron chi connectivity index (χ4n) is 4.75. The molecule has 1 atom stereocenters. The maximum Gasteiger partial charge on any atom is 0.259 e. The largest absolute Gasteiger partial charge is 0.480 e. The lowest BCUT2D eigenvalue weighted by molar-refractivity contribution is -0.137. The number of rotatable bonds is 4. The summed E-state index contributed by atoms with van der Waals surface area (Å²) in [6.07, 6.45) is 4.75. The highest BCUT2D eigenvalue weighted by Crippen LogP contribution is 2.45. The van der Waals surface area contributed by atoms with E-state index in [-0.39, 0.29) is 23.3 Å². The number of ether oxygens (including phenoxy) is 1. The second-order valence-electron chi connectivity index (χ2n) is 8.10. The van der Waals surface area contributed by atoms with E-state index in [9.17, 15) is 9.59 Å². The van der Waals surface area contributed by atoms with Crippen molar-refractivity contribution in [1.29, 1.82) is 0 Å². The fourth-order valence-corrected chi connectivity index (χ4v) is 4.75. The van der Waals surface area contributed by atoms with E-state index in [1.54, 1.807) is 18.3 Å². The fraction of sp³-hybridized carbons (Fsp3) is 0.435. The van der Waals surface area contributed by atoms with E-state index in [1.807, 2.05) is 35.0 Å². The second kappa shape index (κ2) is 7.85. The first kappa shape index (κ1) is 19.4. The normalized spacial score (nSPS) is 20.9. The molecule has 0 aliphatic carbocycles. The third-order valence-corrected chi connectivity index (χ3v) is 6.46. The molecule has 1 aromatic heterocycles. The summed E-state index contributed by atoms with van der Waals surface area (Å²) in [5, 5.41) is 0. The summed E-state index contributed by atoms with van der Waals surface area (Å²) in [6, 6.07) is 14.0. The lowest BCUT2D eigenvalue weighted by atomic mass is 9.75. The lowest BCUT2D eigenvalue weighted by Gasteiger charge is -2.37. The maximum atomic E-state index is 13.1. The Labute approximate surface area is 171 Å². The molecule has 152 valence electrons. The van der Waals surface area contributed by atoms with Crippen LogP contribution in [0.4, 0.5) is 0 Å². The zero-order chi connectivity index (χ0) is 20.4. The van der Waals surface area contributed by atoms with Gasteiger partial charge in [-0.3, -0.25) is 9.59 Å². The molecule has 0 saturated carbocycles. The van der Waals surface area contributed by atoms with E-state index in [1.165, 1.54) is 12.7 Å². The molecule has 29 heavy (non-hydrogen) atoms. The molecule has 2 saturated heterocycles. The predicted molar refractivity (Wildman–Crippen MR) is 110 cm³/mol. The van der Waals surface area contributed by atoms with Crippen molar-refractivity contribution in [2.45, 2.75) is 31.7 Å². The van der Waals surface area contributed by atoms with Crippen LogP contribution < -0.4 is 4.74 Å². The number of benzene rings is 1. The molecule has 4 rings (SSSR count). The molecule has 2 aliphatic rings. The van der Waals surface area contributed by atoms with Crippen LogP contribution in [-0.4, -0.2) is 59.9 Å². The van der Waals surface area contributed by atoms with Crippen molar-refractivity contribution in [2.75, 3.05) is 27.2 Å². The van der Waals surface area contributed by atoms with Crippen LogP contribution in [0.3, 0.4) is 0 Å². The van der Waals surface area contributed by atoms with Gasteiger partial charge < -0.3 is 14.5 Å². The number of pyridine rings is 1. The number of hydrogen-bond donors (Lipinski definition) is 0. The van der Waals surface area contributed by atoms with Crippen LogP contribution in [0, 0.1) is 5.41 Å². The van der Waals surface area contributed by atoms with Crippen molar-refractivity contribution < 1.29 is 14.3 Å². The van der Waals surface area contributed by atoms with Gasteiger partial charge in [-0.05, 0) is 43.4 Å². The Morgan fingerprint density at radius 3 is 2.59 bits per heavy atom. The van der Waals surface area contributed by atoms with Crippen molar-refractivity contribution in [3.05, 3.63) is 59.8 Å². The van der Waals surface area contributed by atoms with Crippen molar-refractivity contribution in [1.82, 2.24) is 14.8 Å². The molecule has 3 heterocycles. The number of carbonyl (C=O) groups excluding carboxylic acids is 2. The van der Waals surface area contributed by atoms with Gasteiger partial charge in [0.05, 0.1) is 12.5 Å². The third kappa shape index (κ3) is 3.59. The van der Waals surface area contributed by atoms with E-state index < -0.39 is 0 Å². The van der Waals surface area contributed by atoms with E-state index in [0.717, 1.165) is 12.8 Å². The summed E-state index contributed by atoms with van der Waals surface area (Å²) >= 11 is 0. The summed E-state index contributed by atoms with van der Waals surface area (Å²) in [6.45, 7) is 1.16. The van der Waals surface area contributed by atoms with Gasteiger partial charge in [0.1, 0.15) is 5.56 Å². The van der Waals surface area contributed by atoms with Crippen LogP contribution in [0.1, 0.15) is 35.2 Å². The van der Waals surface area contributed by atoms with Crippen LogP contribution in [0.25, 0.3) is 0 Å². The Bertz CT molecular complexity index is 891. The van der Waals surface area contributed by atoms with Gasteiger partial charge in [0.15, 0.2) is 0 Å². The van der Waals surface area contributed by atoms with Crippen molar-refractivity contribution in [3.63, 3.8) is 0 Å². The first-order chi connectivity index (χ1) is 14.0. The average Bonchev–Trinajstić information content (AvgIpc) is 2.99. The maximum absolute atomic E-state index is 13.1. The molecule has 2 amide bonds. The Morgan fingerprint density at radius 2 is 1.90 bits per heavy atom. The molecule has 0 N–H and O–H groups in total. The van der Waals surface area contributed by atoms with Crippen LogP contribution in [0.2, 0.25) is 0 Å². The predicted octanol–water partition coefficient (Wildman–Crippen LogP) is 2.79. The van der Waals surface area contributed by atoms with E-state index in [0.29, 0.717) is 37.4 Å². The SMILES string of the molecule is COc1ncccc1C(=O)N1CCC2(CC1)CC(Cc1ccccc1)N(C)C2=O. The first-order valence-corrected chi connectivity index (χ1v) is 10.1. The summed E-state index contributed by atoms with van der Waals surface area (Å²) in [5.41, 5.74) is 1.39. The minimum atomic E-state index is -0.343. The first-order valence-electron chi connectivity index (χ1n) is 10.1. The Balaban J connectivity index is 1.44. The number of piperidine rings is 1. The molecular formula is C23H27N3O3. The number of amides is 2. The van der Waals surface area contributed by atoms with Crippen molar-refractivity contribution >= 4 is 11.8 Å². The quantitative estimate of drug-likeness (QED) is 0.801. The topological polar surface area (TPSA) is 62.7 Å². The van der Waals surface area contributed by atoms with Gasteiger partial charge in [0, 0.05) is 32.4 Å². The molecular weight excluding hydrogens is 366 g/mol. The molecule has 2 aromatic rings. The molecule has 6 nitrogen and oxygen atoms in total. The number of likely N-dealkylation sites (N-methyl/N-ethyl adjacent to an activating group) is 1. The van der Waals surface area contributed by atoms with E-state index in [4.69, 9.17) is 4.74 Å². The van der Waals surface area contributed by atoms with Gasteiger partial charge in [0.25, 0.3) is 5.91 Å². The van der Waals surface area contributed by atoms with Gasteiger partial charge in [-0.25, -0.2) is 4.98 Å². The minimum absolute atomic E-state index is 0.0792. The average molecular weight is 393 g/mol. The van der Waals surface area contributed by atoms with Crippen LogP contribution in [0.15, 0.2) is 48.7 Å². The molecule has 1 spiro atoms. The van der Waals surface area contributed by atoms with Gasteiger partial charge >= 0.3 is 0 Å². The van der Waals surface area contributed by atoms with Crippen LogP contribution in [-0.2, 0) is 11.2 Å². The molecule has 0 radical (unpaired) electrons. The highest BCUT2D eigenvalue weighted by molar-refractivity contribution is 5.96. The Hall–Kier alpha value is -2.89. The Morgan fingerprint density at radius 1 is 1.17 bits per heavy atom. The third-order valence-electron chi connectivity index (χ3n) is 6.46. The monoisotopic (exact) mass is 393 g/mol. The smallest absolute Gasteiger partial charge is 0.259 e. The highest BCUT2D eigenvalue weighted by Gasteiger charge is 2.51. The zero-order valence-electron chi connectivity index (χ0n) is 17.0. The number of aromatic nitrogens is 1. The molecule has 1 aromatic carbocycles. The molecule has 6 heteroatoms. The van der Waals surface area contributed by atoms with Gasteiger partial charge in [-0.15, -0.1) is 0 Å². The summed E-state index contributed by atoms with van der Waals surface area (Å²) in [7, 11) is 3.44. The summed E-state index contributed by atoms with van der Waals surface area (Å²) in [5.74, 6) is 0.492. The van der Waals surface area contributed by atoms with Gasteiger partial charge in [0.2, 0.25) is 11.8 Å². The molecule has 1 unspecified atom stereocenters. The van der Waals surface area contributed by atoms with Gasteiger partial charge in [-0.1, -0.05) is 30.3 Å². The molecule has 2 aliphatic heterocycles. The number of hydrogen-bond acceptors (Lipinski definition) is 4. The highest BCUT2D eigenvalue weighted by atomic mass is 16.5. The summed E-state index contributed by atoms with van der Waals surface area (Å²) in [4.78, 5) is 33.9. The number of methoxy groups -OCH3 is 1. The lowest BCUT2D eigenvalue weighted by Crippen LogP contribution is -2.46. The van der Waals surface area contributed by atoms with Gasteiger partial charge in [-0.2, -0.15) is 0 Å². The van der Waals surface area contributed by atoms with Crippen molar-refractivity contribution in [3.8, 4) is 5.88 Å².